The fraction of sp³-hybridized carbons (Fsp3) is 0.0545. The Bertz CT molecular complexity index is 3020. The number of rotatable bonds is 6. The van der Waals surface area contributed by atoms with E-state index in [0.29, 0.717) is 0 Å². The summed E-state index contributed by atoms with van der Waals surface area (Å²) in [5.41, 5.74) is 17.1. The molecule has 1 aliphatic rings. The van der Waals surface area contributed by atoms with Crippen LogP contribution in [0.3, 0.4) is 0 Å². The van der Waals surface area contributed by atoms with Gasteiger partial charge in [-0.2, -0.15) is 0 Å². The van der Waals surface area contributed by atoms with Gasteiger partial charge in [-0.05, 0) is 110 Å². The van der Waals surface area contributed by atoms with E-state index >= 15 is 0 Å². The van der Waals surface area contributed by atoms with Gasteiger partial charge < -0.3 is 9.47 Å². The molecule has 0 unspecified atom stereocenters. The summed E-state index contributed by atoms with van der Waals surface area (Å²) in [5, 5.41) is 5.24. The lowest BCUT2D eigenvalue weighted by Crippen LogP contribution is -2.23. The first kappa shape index (κ1) is 33.2. The van der Waals surface area contributed by atoms with Gasteiger partial charge in [-0.25, -0.2) is 0 Å². The van der Waals surface area contributed by atoms with Gasteiger partial charge in [0.1, 0.15) is 0 Å². The summed E-state index contributed by atoms with van der Waals surface area (Å²) >= 11 is 0. The van der Waals surface area contributed by atoms with Gasteiger partial charge in [0.2, 0.25) is 0 Å². The van der Waals surface area contributed by atoms with Gasteiger partial charge in [-0.1, -0.05) is 159 Å². The molecule has 11 rings (SSSR count). The fourth-order valence-electron chi connectivity index (χ4n) is 9.43. The van der Waals surface area contributed by atoms with Gasteiger partial charge in [0.05, 0.1) is 11.0 Å². The molecule has 0 saturated carbocycles. The Kier molecular flexibility index (Phi) is 7.55. The Morgan fingerprint density at radius 2 is 0.912 bits per heavy atom. The summed E-state index contributed by atoms with van der Waals surface area (Å²) in [6.07, 6.45) is 0. The number of hydrogen-bond donors (Lipinski definition) is 0. The molecule has 0 radical (unpaired) electrons. The third kappa shape index (κ3) is 5.25. The zero-order valence-corrected chi connectivity index (χ0v) is 32.0. The summed E-state index contributed by atoms with van der Waals surface area (Å²) in [6.45, 7) is 4.74. The molecule has 0 aliphatic heterocycles. The van der Waals surface area contributed by atoms with Crippen molar-refractivity contribution in [3.63, 3.8) is 0 Å². The Labute approximate surface area is 333 Å². The molecule has 0 atom stereocenters. The summed E-state index contributed by atoms with van der Waals surface area (Å²) in [5.74, 6) is 0. The lowest BCUT2D eigenvalue weighted by molar-refractivity contribution is 0.645. The number of nitrogens with zero attached hydrogens (tertiary/aromatic N) is 2. The maximum Gasteiger partial charge on any atom is 0.0553 e. The molecule has 1 aromatic heterocycles. The average molecular weight is 729 g/mol. The van der Waals surface area contributed by atoms with Gasteiger partial charge in [0.15, 0.2) is 0 Å². The van der Waals surface area contributed by atoms with E-state index in [1.807, 2.05) is 0 Å². The van der Waals surface area contributed by atoms with Crippen molar-refractivity contribution < 1.29 is 0 Å². The number of anilines is 3. The van der Waals surface area contributed by atoms with Crippen LogP contribution >= 0.6 is 0 Å². The van der Waals surface area contributed by atoms with Crippen LogP contribution in [-0.2, 0) is 5.41 Å². The average Bonchev–Trinajstić information content (AvgIpc) is 3.60. The van der Waals surface area contributed by atoms with E-state index in [4.69, 9.17) is 0 Å². The van der Waals surface area contributed by atoms with Crippen LogP contribution < -0.4 is 4.90 Å². The van der Waals surface area contributed by atoms with Crippen LogP contribution in [0.2, 0.25) is 0 Å². The first-order valence-electron chi connectivity index (χ1n) is 19.9. The molecule has 2 heteroatoms. The van der Waals surface area contributed by atoms with Crippen LogP contribution in [0.15, 0.2) is 206 Å². The molecule has 1 heterocycles. The quantitative estimate of drug-likeness (QED) is 0.165. The molecule has 57 heavy (non-hydrogen) atoms. The topological polar surface area (TPSA) is 8.17 Å². The minimum atomic E-state index is -0.0966. The summed E-state index contributed by atoms with van der Waals surface area (Å²) in [6, 6.07) is 75.4. The molecular weight excluding hydrogens is 689 g/mol. The molecule has 0 spiro atoms. The second-order valence-electron chi connectivity index (χ2n) is 15.8. The van der Waals surface area contributed by atoms with E-state index < -0.39 is 0 Å². The second kappa shape index (κ2) is 13.0. The SMILES string of the molecule is CC1(C)c2ccccc2-c2c3c1cccc3cc1c2c2ccccc2n1-c1ccc(N(c2ccc(-c3ccccc3)cc2)c2ccc(-c3ccccc3)cc2)cc1. The van der Waals surface area contributed by atoms with Crippen LogP contribution in [0.4, 0.5) is 17.1 Å². The first-order chi connectivity index (χ1) is 28.0. The number of benzene rings is 9. The molecule has 0 amide bonds. The van der Waals surface area contributed by atoms with E-state index in [1.165, 1.54) is 77.1 Å². The van der Waals surface area contributed by atoms with Crippen molar-refractivity contribution in [2.24, 2.45) is 0 Å². The van der Waals surface area contributed by atoms with Crippen molar-refractivity contribution in [2.45, 2.75) is 19.3 Å². The predicted molar refractivity (Wildman–Crippen MR) is 241 cm³/mol. The Morgan fingerprint density at radius 3 is 1.54 bits per heavy atom. The number of fused-ring (bicyclic) bond motifs is 6. The molecule has 0 bridgehead atoms. The van der Waals surface area contributed by atoms with E-state index in [2.05, 4.69) is 230 Å². The Hall–Kier alpha value is -7.16. The van der Waals surface area contributed by atoms with Gasteiger partial charge in [-0.15, -0.1) is 0 Å². The smallest absolute Gasteiger partial charge is 0.0553 e. The summed E-state index contributed by atoms with van der Waals surface area (Å²) in [7, 11) is 0. The van der Waals surface area contributed by atoms with Crippen molar-refractivity contribution in [3.05, 3.63) is 217 Å². The van der Waals surface area contributed by atoms with Crippen molar-refractivity contribution in [1.29, 1.82) is 0 Å². The minimum Gasteiger partial charge on any atom is -0.311 e. The fourth-order valence-corrected chi connectivity index (χ4v) is 9.43. The summed E-state index contributed by atoms with van der Waals surface area (Å²) < 4.78 is 2.47. The molecule has 0 saturated heterocycles. The molecule has 9 aromatic carbocycles. The van der Waals surface area contributed by atoms with Gasteiger partial charge in [0.25, 0.3) is 0 Å². The highest BCUT2D eigenvalue weighted by molar-refractivity contribution is 6.24. The van der Waals surface area contributed by atoms with Crippen molar-refractivity contribution >= 4 is 49.6 Å². The normalized spacial score (nSPS) is 12.9. The molecule has 10 aromatic rings. The maximum atomic E-state index is 2.47. The molecular formula is C55H40N2. The van der Waals surface area contributed by atoms with E-state index in [-0.39, 0.29) is 5.41 Å². The van der Waals surface area contributed by atoms with Crippen molar-refractivity contribution in [3.8, 4) is 39.1 Å². The molecule has 1 aliphatic carbocycles. The molecule has 2 nitrogen and oxygen atoms in total. The lowest BCUT2D eigenvalue weighted by atomic mass is 9.68. The third-order valence-corrected chi connectivity index (χ3v) is 12.2. The van der Waals surface area contributed by atoms with Crippen molar-refractivity contribution in [1.82, 2.24) is 4.57 Å². The van der Waals surface area contributed by atoms with Crippen LogP contribution in [-0.4, -0.2) is 4.57 Å². The first-order valence-corrected chi connectivity index (χ1v) is 19.9. The van der Waals surface area contributed by atoms with Crippen LogP contribution in [0.5, 0.6) is 0 Å². The molecule has 0 fully saturated rings. The zero-order chi connectivity index (χ0) is 38.1. The van der Waals surface area contributed by atoms with Gasteiger partial charge in [-0.3, -0.25) is 0 Å². The van der Waals surface area contributed by atoms with E-state index in [9.17, 15) is 0 Å². The highest BCUT2D eigenvalue weighted by Crippen LogP contribution is 2.53. The van der Waals surface area contributed by atoms with Crippen molar-refractivity contribution in [2.75, 3.05) is 4.90 Å². The highest BCUT2D eigenvalue weighted by Gasteiger charge is 2.35. The Balaban J connectivity index is 1.08. The Morgan fingerprint density at radius 1 is 0.404 bits per heavy atom. The number of hydrogen-bond acceptors (Lipinski definition) is 1. The minimum absolute atomic E-state index is 0.0966. The molecule has 270 valence electrons. The van der Waals surface area contributed by atoms with Crippen LogP contribution in [0.25, 0.3) is 71.6 Å². The second-order valence-corrected chi connectivity index (χ2v) is 15.8. The molecule has 0 N–H and O–H groups in total. The van der Waals surface area contributed by atoms with E-state index in [1.54, 1.807) is 0 Å². The largest absolute Gasteiger partial charge is 0.311 e. The predicted octanol–water partition coefficient (Wildman–Crippen LogP) is 15.0. The maximum absolute atomic E-state index is 2.47. The monoisotopic (exact) mass is 728 g/mol. The van der Waals surface area contributed by atoms with Gasteiger partial charge >= 0.3 is 0 Å². The lowest BCUT2D eigenvalue weighted by Gasteiger charge is -2.35. The van der Waals surface area contributed by atoms with E-state index in [0.717, 1.165) is 22.7 Å². The standard InChI is InChI=1S/C55H40N2/c1-55(2)48-21-11-9-19-46(48)54-52-41(18-13-22-49(52)55)36-51-53(54)47-20-10-12-23-50(47)57(51)45-34-32-44(33-35-45)56(42-28-24-39(25-29-42)37-14-5-3-6-15-37)43-30-26-40(27-31-43)38-16-7-4-8-17-38/h3-36H,1-2H3. The van der Waals surface area contributed by atoms with Gasteiger partial charge in [0, 0.05) is 44.5 Å². The third-order valence-electron chi connectivity index (χ3n) is 12.2. The van der Waals surface area contributed by atoms with Crippen LogP contribution in [0, 0.1) is 0 Å². The number of para-hydroxylation sites is 1. The summed E-state index contributed by atoms with van der Waals surface area (Å²) in [4.78, 5) is 2.36. The number of aromatic nitrogens is 1. The van der Waals surface area contributed by atoms with Crippen LogP contribution in [0.1, 0.15) is 25.0 Å². The zero-order valence-electron chi connectivity index (χ0n) is 32.0. The highest BCUT2D eigenvalue weighted by atomic mass is 15.1.